The Balaban J connectivity index is 1.36. The van der Waals surface area contributed by atoms with Gasteiger partial charge in [-0.1, -0.05) is 35.9 Å². The molecule has 1 saturated heterocycles. The van der Waals surface area contributed by atoms with Crippen molar-refractivity contribution in [3.8, 4) is 11.5 Å². The Labute approximate surface area is 176 Å². The summed E-state index contributed by atoms with van der Waals surface area (Å²) in [5.41, 5.74) is 2.81. The minimum absolute atomic E-state index is 0.187. The highest BCUT2D eigenvalue weighted by atomic mass is 35.5. The number of ether oxygens (including phenoxy) is 2. The molecule has 2 aliphatic heterocycles. The average Bonchev–Trinajstić information content (AvgIpc) is 2.74. The quantitative estimate of drug-likeness (QED) is 0.813. The molecule has 2 heterocycles. The predicted molar refractivity (Wildman–Crippen MR) is 113 cm³/mol. The smallest absolute Gasteiger partial charge is 0.251 e. The zero-order chi connectivity index (χ0) is 20.2. The molecular weight excluding hydrogens is 390 g/mol. The minimum atomic E-state index is -0.187. The van der Waals surface area contributed by atoms with Crippen LogP contribution >= 0.6 is 11.6 Å². The molecule has 0 aromatic heterocycles. The molecule has 2 aliphatic rings. The normalized spacial score (nSPS) is 17.2. The summed E-state index contributed by atoms with van der Waals surface area (Å²) in [5, 5.41) is 3.36. The Morgan fingerprint density at radius 1 is 1.07 bits per heavy atom. The van der Waals surface area contributed by atoms with E-state index in [1.165, 1.54) is 5.56 Å². The maximum Gasteiger partial charge on any atom is 0.251 e. The molecule has 0 atom stereocenters. The number of amides is 1. The monoisotopic (exact) mass is 415 g/mol. The second-order valence-corrected chi connectivity index (χ2v) is 7.97. The number of carbonyl (C=O) groups is 1. The van der Waals surface area contributed by atoms with Gasteiger partial charge in [0.1, 0.15) is 13.2 Å². The highest BCUT2D eigenvalue weighted by Gasteiger charge is 2.19. The predicted octanol–water partition coefficient (Wildman–Crippen LogP) is 2.79. The van der Waals surface area contributed by atoms with Crippen LogP contribution in [-0.2, 0) is 13.1 Å². The fourth-order valence-electron chi connectivity index (χ4n) is 3.63. The van der Waals surface area contributed by atoms with Gasteiger partial charge in [-0.3, -0.25) is 9.69 Å². The molecule has 7 heteroatoms. The van der Waals surface area contributed by atoms with Gasteiger partial charge in [-0.2, -0.15) is 0 Å². The lowest BCUT2D eigenvalue weighted by Crippen LogP contribution is -2.43. The molecule has 29 heavy (non-hydrogen) atoms. The summed E-state index contributed by atoms with van der Waals surface area (Å²) >= 11 is 6.24. The number of nitrogens with zero attached hydrogens (tertiary/aromatic N) is 2. The van der Waals surface area contributed by atoms with Crippen molar-refractivity contribution >= 4 is 17.5 Å². The van der Waals surface area contributed by atoms with E-state index in [1.54, 1.807) is 12.1 Å². The highest BCUT2D eigenvalue weighted by molar-refractivity contribution is 6.32. The topological polar surface area (TPSA) is 54.0 Å². The van der Waals surface area contributed by atoms with Gasteiger partial charge in [-0.25, -0.2) is 0 Å². The van der Waals surface area contributed by atoms with E-state index < -0.39 is 0 Å². The first kappa shape index (κ1) is 20.0. The van der Waals surface area contributed by atoms with Gasteiger partial charge in [-0.15, -0.1) is 0 Å². The molecule has 2 aromatic carbocycles. The van der Waals surface area contributed by atoms with Gasteiger partial charge in [0.05, 0.1) is 5.02 Å². The molecule has 0 unspecified atom stereocenters. The van der Waals surface area contributed by atoms with Crippen LogP contribution in [0.1, 0.15) is 21.5 Å². The van der Waals surface area contributed by atoms with Crippen molar-refractivity contribution in [3.63, 3.8) is 0 Å². The third-order valence-electron chi connectivity index (χ3n) is 5.31. The Morgan fingerprint density at radius 2 is 1.83 bits per heavy atom. The molecule has 1 amide bonds. The molecule has 2 aromatic rings. The van der Waals surface area contributed by atoms with Gasteiger partial charge in [0.15, 0.2) is 11.5 Å². The number of rotatable bonds is 5. The summed E-state index contributed by atoms with van der Waals surface area (Å²) in [6, 6.07) is 11.7. The molecule has 0 saturated carbocycles. The van der Waals surface area contributed by atoms with E-state index in [-0.39, 0.29) is 5.91 Å². The lowest BCUT2D eigenvalue weighted by Gasteiger charge is -2.32. The molecule has 0 radical (unpaired) electrons. The standard InChI is InChI=1S/C22H26ClN3O3/c1-25-5-7-26(8-6-25)15-17-4-2-3-16(11-17)14-24-22(27)18-12-19(23)21-20(13-18)28-9-10-29-21/h2-4,11-13H,5-10,14-15H2,1H3,(H,24,27). The van der Waals surface area contributed by atoms with Crippen LogP contribution in [0.2, 0.25) is 5.02 Å². The number of nitrogens with one attached hydrogen (secondary N) is 1. The van der Waals surface area contributed by atoms with Crippen LogP contribution in [0.4, 0.5) is 0 Å². The van der Waals surface area contributed by atoms with Gasteiger partial charge < -0.3 is 19.7 Å². The van der Waals surface area contributed by atoms with Crippen LogP contribution in [0.3, 0.4) is 0 Å². The third kappa shape index (κ3) is 5.01. The fourth-order valence-corrected chi connectivity index (χ4v) is 3.89. The van der Waals surface area contributed by atoms with Gasteiger partial charge in [0.2, 0.25) is 0 Å². The van der Waals surface area contributed by atoms with Crippen LogP contribution in [0.5, 0.6) is 11.5 Å². The van der Waals surface area contributed by atoms with E-state index in [2.05, 4.69) is 34.3 Å². The van der Waals surface area contributed by atoms with Crippen LogP contribution in [0.25, 0.3) is 0 Å². The maximum absolute atomic E-state index is 12.6. The average molecular weight is 416 g/mol. The van der Waals surface area contributed by atoms with Crippen molar-refractivity contribution in [1.82, 2.24) is 15.1 Å². The molecule has 1 fully saturated rings. The summed E-state index contributed by atoms with van der Waals surface area (Å²) < 4.78 is 11.1. The van der Waals surface area contributed by atoms with Gasteiger partial charge in [-0.05, 0) is 30.3 Å². The van der Waals surface area contributed by atoms with Crippen molar-refractivity contribution in [2.45, 2.75) is 13.1 Å². The fraction of sp³-hybridized carbons (Fsp3) is 0.409. The first-order chi connectivity index (χ1) is 14.1. The van der Waals surface area contributed by atoms with Crippen LogP contribution in [0, 0.1) is 0 Å². The van der Waals surface area contributed by atoms with Crippen molar-refractivity contribution in [2.24, 2.45) is 0 Å². The van der Waals surface area contributed by atoms with Gasteiger partial charge in [0, 0.05) is 44.8 Å². The number of fused-ring (bicyclic) bond motifs is 1. The molecule has 4 rings (SSSR count). The molecule has 154 valence electrons. The van der Waals surface area contributed by atoms with Crippen molar-refractivity contribution in [3.05, 3.63) is 58.1 Å². The summed E-state index contributed by atoms with van der Waals surface area (Å²) in [6.07, 6.45) is 0. The molecular formula is C22H26ClN3O3. The van der Waals surface area contributed by atoms with E-state index in [4.69, 9.17) is 21.1 Å². The number of piperazine rings is 1. The number of likely N-dealkylation sites (N-methyl/N-ethyl adjacent to an activating group) is 1. The molecule has 0 bridgehead atoms. The van der Waals surface area contributed by atoms with Crippen LogP contribution in [0.15, 0.2) is 36.4 Å². The number of hydrogen-bond acceptors (Lipinski definition) is 5. The highest BCUT2D eigenvalue weighted by Crippen LogP contribution is 2.38. The van der Waals surface area contributed by atoms with E-state index >= 15 is 0 Å². The van der Waals surface area contributed by atoms with E-state index in [0.29, 0.717) is 41.8 Å². The van der Waals surface area contributed by atoms with Gasteiger partial charge >= 0.3 is 0 Å². The number of hydrogen-bond donors (Lipinski definition) is 1. The molecule has 6 nitrogen and oxygen atoms in total. The number of benzene rings is 2. The van der Waals surface area contributed by atoms with Crippen LogP contribution in [-0.4, -0.2) is 62.1 Å². The summed E-state index contributed by atoms with van der Waals surface area (Å²) in [7, 11) is 2.16. The number of carbonyl (C=O) groups excluding carboxylic acids is 1. The second kappa shape index (κ2) is 9.03. The Kier molecular flexibility index (Phi) is 6.23. The lowest BCUT2D eigenvalue weighted by atomic mass is 10.1. The molecule has 0 spiro atoms. The number of halogens is 1. The summed E-state index contributed by atoms with van der Waals surface area (Å²) in [4.78, 5) is 17.4. The third-order valence-corrected chi connectivity index (χ3v) is 5.59. The van der Waals surface area contributed by atoms with Crippen molar-refractivity contribution < 1.29 is 14.3 Å². The Hall–Kier alpha value is -2.28. The SMILES string of the molecule is CN1CCN(Cc2cccc(CNC(=O)c3cc(Cl)c4c(c3)OCCO4)c2)CC1. The molecule has 1 N–H and O–H groups in total. The Bertz CT molecular complexity index is 882. The zero-order valence-electron chi connectivity index (χ0n) is 16.6. The summed E-state index contributed by atoms with van der Waals surface area (Å²) in [6.45, 7) is 6.69. The zero-order valence-corrected chi connectivity index (χ0v) is 17.4. The first-order valence-electron chi connectivity index (χ1n) is 9.94. The van der Waals surface area contributed by atoms with Crippen molar-refractivity contribution in [1.29, 1.82) is 0 Å². The molecule has 0 aliphatic carbocycles. The minimum Gasteiger partial charge on any atom is -0.486 e. The van der Waals surface area contributed by atoms with Gasteiger partial charge in [0.25, 0.3) is 5.91 Å². The Morgan fingerprint density at radius 3 is 2.66 bits per heavy atom. The van der Waals surface area contributed by atoms with E-state index in [1.807, 2.05) is 12.1 Å². The van der Waals surface area contributed by atoms with Crippen LogP contribution < -0.4 is 14.8 Å². The maximum atomic E-state index is 12.6. The largest absolute Gasteiger partial charge is 0.486 e. The van der Waals surface area contributed by atoms with E-state index in [0.717, 1.165) is 38.3 Å². The second-order valence-electron chi connectivity index (χ2n) is 7.56. The van der Waals surface area contributed by atoms with E-state index in [9.17, 15) is 4.79 Å². The first-order valence-corrected chi connectivity index (χ1v) is 10.3. The summed E-state index contributed by atoms with van der Waals surface area (Å²) in [5.74, 6) is 0.836. The van der Waals surface area contributed by atoms with Crippen molar-refractivity contribution in [2.75, 3.05) is 46.4 Å². The lowest BCUT2D eigenvalue weighted by molar-refractivity contribution is 0.0949.